The summed E-state index contributed by atoms with van der Waals surface area (Å²) in [5, 5.41) is 0. The van der Waals surface area contributed by atoms with Gasteiger partial charge < -0.3 is 0 Å². The average Bonchev–Trinajstić information content (AvgIpc) is 2.04. The summed E-state index contributed by atoms with van der Waals surface area (Å²) in [6.45, 7) is 8.38. The molecule has 3 nitrogen and oxygen atoms in total. The lowest BCUT2D eigenvalue weighted by atomic mass is 9.96. The Hall–Kier alpha value is -0.990. The molecule has 13 heavy (non-hydrogen) atoms. The number of rotatable bonds is 2. The van der Waals surface area contributed by atoms with Gasteiger partial charge in [-0.25, -0.2) is 15.0 Å². The molecule has 0 fully saturated rings. The van der Waals surface area contributed by atoms with Gasteiger partial charge in [-0.3, -0.25) is 0 Å². The van der Waals surface area contributed by atoms with Crippen LogP contribution < -0.4 is 0 Å². The van der Waals surface area contributed by atoms with Gasteiger partial charge in [0.05, 0.1) is 0 Å². The van der Waals surface area contributed by atoms with E-state index in [0.717, 1.165) is 24.5 Å². The maximum Gasteiger partial charge on any atom is 0.201 e. The van der Waals surface area contributed by atoms with E-state index in [1.165, 1.54) is 0 Å². The van der Waals surface area contributed by atoms with Crippen molar-refractivity contribution in [1.29, 1.82) is 0 Å². The molecule has 0 aliphatic rings. The molecule has 0 saturated carbocycles. The Balaban J connectivity index is 2.92. The van der Waals surface area contributed by atoms with Crippen molar-refractivity contribution < 1.29 is 0 Å². The smallest absolute Gasteiger partial charge is 0.201 e. The minimum absolute atomic E-state index is 0.0120. The van der Waals surface area contributed by atoms with Crippen molar-refractivity contribution in [1.82, 2.24) is 15.0 Å². The first-order valence-corrected chi connectivity index (χ1v) is 4.65. The highest BCUT2D eigenvalue weighted by molar-refractivity contribution is 5.01. The normalized spacial score (nSPS) is 11.7. The molecule has 0 amide bonds. The lowest BCUT2D eigenvalue weighted by Crippen LogP contribution is -2.17. The Bertz CT molecular complexity index is 276. The lowest BCUT2D eigenvalue weighted by molar-refractivity contribution is 0.533. The van der Waals surface area contributed by atoms with E-state index in [1.807, 2.05) is 0 Å². The molecular weight excluding hydrogens is 162 g/mol. The molecule has 0 aromatic carbocycles. The van der Waals surface area contributed by atoms with E-state index in [1.54, 1.807) is 0 Å². The van der Waals surface area contributed by atoms with Crippen molar-refractivity contribution in [2.24, 2.45) is 0 Å². The Labute approximate surface area is 79.6 Å². The molecule has 3 heteroatoms. The van der Waals surface area contributed by atoms with Crippen molar-refractivity contribution in [3.05, 3.63) is 18.0 Å². The highest BCUT2D eigenvalue weighted by atomic mass is 15.0. The fourth-order valence-electron chi connectivity index (χ4n) is 0.973. The Morgan fingerprint density at radius 3 is 2.46 bits per heavy atom. The van der Waals surface area contributed by atoms with Crippen molar-refractivity contribution >= 4 is 0 Å². The summed E-state index contributed by atoms with van der Waals surface area (Å²) >= 11 is 0. The third kappa shape index (κ3) is 2.76. The molecule has 0 saturated heterocycles. The fourth-order valence-corrected chi connectivity index (χ4v) is 0.973. The van der Waals surface area contributed by atoms with Crippen LogP contribution in [0.3, 0.4) is 0 Å². The van der Waals surface area contributed by atoms with Crippen LogP contribution in [-0.2, 0) is 11.8 Å². The van der Waals surface area contributed by atoms with Gasteiger partial charge >= 0.3 is 0 Å². The van der Waals surface area contributed by atoms with Crippen LogP contribution in [0.4, 0.5) is 0 Å². The van der Waals surface area contributed by atoms with E-state index in [0.29, 0.717) is 0 Å². The summed E-state index contributed by atoms with van der Waals surface area (Å²) in [7, 11) is 0. The molecular formula is C10H16N3. The van der Waals surface area contributed by atoms with E-state index in [2.05, 4.69) is 49.0 Å². The second kappa shape index (κ2) is 3.81. The quantitative estimate of drug-likeness (QED) is 0.694. The maximum absolute atomic E-state index is 4.38. The topological polar surface area (TPSA) is 38.7 Å². The maximum atomic E-state index is 4.38. The van der Waals surface area contributed by atoms with E-state index in [4.69, 9.17) is 0 Å². The predicted octanol–water partition coefficient (Wildman–Crippen LogP) is 1.92. The molecule has 0 spiro atoms. The zero-order chi connectivity index (χ0) is 9.90. The number of hydrogen-bond acceptors (Lipinski definition) is 3. The van der Waals surface area contributed by atoms with Gasteiger partial charge in [0.1, 0.15) is 11.6 Å². The Kier molecular flexibility index (Phi) is 2.96. The molecule has 0 atom stereocenters. The molecule has 0 aliphatic carbocycles. The molecule has 1 heterocycles. The molecule has 0 bridgehead atoms. The molecule has 0 aliphatic heterocycles. The van der Waals surface area contributed by atoms with Crippen molar-refractivity contribution in [2.75, 3.05) is 0 Å². The highest BCUT2D eigenvalue weighted by Gasteiger charge is 2.17. The second-order valence-corrected chi connectivity index (χ2v) is 4.18. The summed E-state index contributed by atoms with van der Waals surface area (Å²) in [6.07, 6.45) is 4.62. The largest absolute Gasteiger partial charge is 0.217 e. The van der Waals surface area contributed by atoms with E-state index < -0.39 is 0 Å². The number of aryl methyl sites for hydroxylation is 1. The highest BCUT2D eigenvalue weighted by Crippen LogP contribution is 2.16. The van der Waals surface area contributed by atoms with Crippen molar-refractivity contribution in [3.8, 4) is 0 Å². The minimum atomic E-state index is -0.0120. The summed E-state index contributed by atoms with van der Waals surface area (Å²) in [5.74, 6) is 1.67. The number of hydrogen-bond donors (Lipinski definition) is 0. The summed E-state index contributed by atoms with van der Waals surface area (Å²) in [6, 6.07) is 0. The molecule has 1 aromatic heterocycles. The molecule has 0 unspecified atom stereocenters. The summed E-state index contributed by atoms with van der Waals surface area (Å²) in [4.78, 5) is 12.4. The number of nitrogens with zero attached hydrogens (tertiary/aromatic N) is 3. The molecule has 1 aromatic rings. The third-order valence-electron chi connectivity index (χ3n) is 1.71. The van der Waals surface area contributed by atoms with Gasteiger partial charge in [0, 0.05) is 11.8 Å². The van der Waals surface area contributed by atoms with Crippen LogP contribution in [0.25, 0.3) is 0 Å². The SMILES string of the molecule is CCCc1n[c]nc(C(C)(C)C)n1. The summed E-state index contributed by atoms with van der Waals surface area (Å²) < 4.78 is 0. The van der Waals surface area contributed by atoms with Crippen molar-refractivity contribution in [2.45, 2.75) is 46.0 Å². The first-order valence-electron chi connectivity index (χ1n) is 4.65. The molecule has 0 N–H and O–H groups in total. The van der Waals surface area contributed by atoms with Gasteiger partial charge in [-0.05, 0) is 6.42 Å². The molecule has 71 valence electrons. The van der Waals surface area contributed by atoms with Crippen LogP contribution in [0.1, 0.15) is 45.8 Å². The van der Waals surface area contributed by atoms with Crippen LogP contribution in [0.5, 0.6) is 0 Å². The zero-order valence-corrected chi connectivity index (χ0v) is 8.76. The number of aromatic nitrogens is 3. The summed E-state index contributed by atoms with van der Waals surface area (Å²) in [5.41, 5.74) is -0.0120. The average molecular weight is 178 g/mol. The monoisotopic (exact) mass is 178 g/mol. The fraction of sp³-hybridized carbons (Fsp3) is 0.700. The first kappa shape index (κ1) is 10.1. The van der Waals surface area contributed by atoms with Gasteiger partial charge in [0.2, 0.25) is 6.33 Å². The minimum Gasteiger partial charge on any atom is -0.217 e. The second-order valence-electron chi connectivity index (χ2n) is 4.18. The van der Waals surface area contributed by atoms with Gasteiger partial charge in [-0.1, -0.05) is 27.7 Å². The lowest BCUT2D eigenvalue weighted by Gasteiger charge is -2.15. The van der Waals surface area contributed by atoms with Crippen LogP contribution in [0.15, 0.2) is 0 Å². The van der Waals surface area contributed by atoms with Crippen LogP contribution >= 0.6 is 0 Å². The van der Waals surface area contributed by atoms with Crippen LogP contribution in [0, 0.1) is 6.33 Å². The van der Waals surface area contributed by atoms with E-state index >= 15 is 0 Å². The van der Waals surface area contributed by atoms with E-state index in [9.17, 15) is 0 Å². The third-order valence-corrected chi connectivity index (χ3v) is 1.71. The zero-order valence-electron chi connectivity index (χ0n) is 8.76. The van der Waals surface area contributed by atoms with Gasteiger partial charge in [0.25, 0.3) is 0 Å². The first-order chi connectivity index (χ1) is 6.04. The van der Waals surface area contributed by atoms with Crippen molar-refractivity contribution in [3.63, 3.8) is 0 Å². The van der Waals surface area contributed by atoms with Crippen LogP contribution in [0.2, 0.25) is 0 Å². The van der Waals surface area contributed by atoms with Gasteiger partial charge in [-0.15, -0.1) is 0 Å². The van der Waals surface area contributed by atoms with Gasteiger partial charge in [-0.2, -0.15) is 0 Å². The molecule has 1 radical (unpaired) electrons. The predicted molar refractivity (Wildman–Crippen MR) is 51.4 cm³/mol. The van der Waals surface area contributed by atoms with E-state index in [-0.39, 0.29) is 5.41 Å². The van der Waals surface area contributed by atoms with Gasteiger partial charge in [0.15, 0.2) is 0 Å². The Morgan fingerprint density at radius 1 is 1.23 bits per heavy atom. The Morgan fingerprint density at radius 2 is 1.92 bits per heavy atom. The standard InChI is InChI=1S/C10H16N3/c1-5-6-8-11-7-12-9(13-8)10(2,3)4/h5-6H2,1-4H3. The molecule has 1 rings (SSSR count). The van der Waals surface area contributed by atoms with Crippen LogP contribution in [-0.4, -0.2) is 15.0 Å².